The molecule has 0 aliphatic heterocycles. The predicted octanol–water partition coefficient (Wildman–Crippen LogP) is 5.62. The molecule has 2 aromatic carbocycles. The molecule has 3 atom stereocenters. The third kappa shape index (κ3) is 3.31. The van der Waals surface area contributed by atoms with E-state index in [1.165, 1.54) is 6.92 Å². The number of fused-ring (bicyclic) bond motifs is 2. The lowest BCUT2D eigenvalue weighted by Gasteiger charge is -2.60. The number of allylic oxidation sites excluding steroid dienone is 3. The summed E-state index contributed by atoms with van der Waals surface area (Å²) in [7, 11) is 0. The Morgan fingerprint density at radius 3 is 2.12 bits per heavy atom. The third-order valence-electron chi connectivity index (χ3n) is 8.32. The maximum absolute atomic E-state index is 14.5. The van der Waals surface area contributed by atoms with Crippen LogP contribution in [-0.2, 0) is 27.2 Å². The van der Waals surface area contributed by atoms with Gasteiger partial charge in [-0.3, -0.25) is 14.4 Å². The Kier molecular flexibility index (Phi) is 5.97. The molecule has 1 saturated carbocycles. The molecule has 0 amide bonds. The minimum atomic E-state index is -1.46. The quantitative estimate of drug-likeness (QED) is 0.333. The fourth-order valence-corrected chi connectivity index (χ4v) is 6.38. The molecule has 0 heterocycles. The molecule has 1 fully saturated rings. The number of rotatable bonds is 7. The highest BCUT2D eigenvalue weighted by atomic mass is 16.3. The number of aliphatic hydroxyl groups is 1. The van der Waals surface area contributed by atoms with Gasteiger partial charge < -0.3 is 5.11 Å². The standard InChI is InChI=1S/C30H32O4/c1-5-16-30-26(33)24(20(2)31)25(32)29(27(30)34,18-22-14-10-7-11-15-22)19-23(28(30,3)4)17-21-12-8-6-9-13-21/h5-15,23,32H,1,16-19H2,2-4H3/t23-,29-,30+/m1/s1. The summed E-state index contributed by atoms with van der Waals surface area (Å²) in [6.07, 6.45) is 2.99. The van der Waals surface area contributed by atoms with Gasteiger partial charge in [-0.1, -0.05) is 80.6 Å². The van der Waals surface area contributed by atoms with Crippen molar-refractivity contribution in [2.75, 3.05) is 0 Å². The Morgan fingerprint density at radius 2 is 1.59 bits per heavy atom. The van der Waals surface area contributed by atoms with Crippen LogP contribution >= 0.6 is 0 Å². The van der Waals surface area contributed by atoms with Crippen LogP contribution in [0, 0.1) is 22.2 Å². The molecule has 2 aromatic rings. The number of hydrogen-bond acceptors (Lipinski definition) is 4. The number of ketones is 3. The van der Waals surface area contributed by atoms with Crippen LogP contribution in [0.1, 0.15) is 44.7 Å². The summed E-state index contributed by atoms with van der Waals surface area (Å²) in [5, 5.41) is 11.5. The molecule has 4 heteroatoms. The number of carbonyl (C=O) groups is 3. The van der Waals surface area contributed by atoms with Gasteiger partial charge in [-0.2, -0.15) is 0 Å². The molecule has 0 aromatic heterocycles. The van der Waals surface area contributed by atoms with Gasteiger partial charge in [0, 0.05) is 0 Å². The molecule has 2 bridgehead atoms. The van der Waals surface area contributed by atoms with Gasteiger partial charge in [-0.15, -0.1) is 6.58 Å². The molecule has 1 N–H and O–H groups in total. The van der Waals surface area contributed by atoms with E-state index in [0.717, 1.165) is 11.1 Å². The molecule has 2 aliphatic rings. The van der Waals surface area contributed by atoms with Crippen molar-refractivity contribution < 1.29 is 19.5 Å². The van der Waals surface area contributed by atoms with E-state index in [4.69, 9.17) is 0 Å². The first-order valence-corrected chi connectivity index (χ1v) is 11.8. The van der Waals surface area contributed by atoms with Crippen molar-refractivity contribution in [1.29, 1.82) is 0 Å². The smallest absolute Gasteiger partial charge is 0.184 e. The number of benzene rings is 2. The zero-order chi connectivity index (χ0) is 24.7. The highest BCUT2D eigenvalue weighted by Gasteiger charge is 2.72. The molecule has 0 saturated heterocycles. The zero-order valence-corrected chi connectivity index (χ0v) is 20.1. The second-order valence-corrected chi connectivity index (χ2v) is 10.4. The molecular weight excluding hydrogens is 424 g/mol. The topological polar surface area (TPSA) is 71.4 Å². The predicted molar refractivity (Wildman–Crippen MR) is 132 cm³/mol. The lowest BCUT2D eigenvalue weighted by atomic mass is 9.39. The Hall–Kier alpha value is -3.27. The van der Waals surface area contributed by atoms with Crippen molar-refractivity contribution in [2.24, 2.45) is 22.2 Å². The van der Waals surface area contributed by atoms with E-state index < -0.39 is 27.8 Å². The van der Waals surface area contributed by atoms with Gasteiger partial charge in [0.05, 0.1) is 11.0 Å². The van der Waals surface area contributed by atoms with Crippen molar-refractivity contribution in [1.82, 2.24) is 0 Å². The molecule has 0 radical (unpaired) electrons. The highest BCUT2D eigenvalue weighted by Crippen LogP contribution is 2.65. The Balaban J connectivity index is 2.00. The Labute approximate surface area is 201 Å². The van der Waals surface area contributed by atoms with Crippen LogP contribution in [0.3, 0.4) is 0 Å². The second-order valence-electron chi connectivity index (χ2n) is 10.4. The molecule has 2 aliphatic carbocycles. The number of hydrogen-bond donors (Lipinski definition) is 1. The monoisotopic (exact) mass is 456 g/mol. The average Bonchev–Trinajstić information content (AvgIpc) is 2.80. The van der Waals surface area contributed by atoms with Gasteiger partial charge in [0.15, 0.2) is 17.3 Å². The van der Waals surface area contributed by atoms with E-state index in [-0.39, 0.29) is 35.9 Å². The van der Waals surface area contributed by atoms with Crippen LogP contribution in [0.5, 0.6) is 0 Å². The molecular formula is C30H32O4. The van der Waals surface area contributed by atoms with Crippen molar-refractivity contribution >= 4 is 17.3 Å². The lowest BCUT2D eigenvalue weighted by Crippen LogP contribution is -2.67. The van der Waals surface area contributed by atoms with Gasteiger partial charge in [-0.25, -0.2) is 0 Å². The molecule has 0 spiro atoms. The minimum Gasteiger partial charge on any atom is -0.510 e. The average molecular weight is 457 g/mol. The van der Waals surface area contributed by atoms with Crippen LogP contribution < -0.4 is 0 Å². The minimum absolute atomic E-state index is 0.0872. The first kappa shape index (κ1) is 23.9. The van der Waals surface area contributed by atoms with E-state index in [9.17, 15) is 19.5 Å². The van der Waals surface area contributed by atoms with Crippen LogP contribution in [0.4, 0.5) is 0 Å². The van der Waals surface area contributed by atoms with Crippen molar-refractivity contribution in [2.45, 2.75) is 46.5 Å². The maximum atomic E-state index is 14.5. The number of Topliss-reactive ketones (excluding diaryl/α,β-unsaturated/α-hetero) is 3. The van der Waals surface area contributed by atoms with E-state index in [1.54, 1.807) is 6.08 Å². The summed E-state index contributed by atoms with van der Waals surface area (Å²) in [6.45, 7) is 9.09. The molecule has 176 valence electrons. The fourth-order valence-electron chi connectivity index (χ4n) is 6.38. The van der Waals surface area contributed by atoms with Crippen LogP contribution in [-0.4, -0.2) is 22.5 Å². The van der Waals surface area contributed by atoms with E-state index in [2.05, 4.69) is 6.58 Å². The van der Waals surface area contributed by atoms with E-state index in [0.29, 0.717) is 12.8 Å². The van der Waals surface area contributed by atoms with Crippen LogP contribution in [0.2, 0.25) is 0 Å². The maximum Gasteiger partial charge on any atom is 0.184 e. The third-order valence-corrected chi connectivity index (χ3v) is 8.32. The number of aliphatic hydroxyl groups excluding tert-OH is 1. The fraction of sp³-hybridized carbons (Fsp3) is 0.367. The van der Waals surface area contributed by atoms with Gasteiger partial charge in [0.25, 0.3) is 0 Å². The summed E-state index contributed by atoms with van der Waals surface area (Å²) in [6, 6.07) is 19.5. The molecule has 34 heavy (non-hydrogen) atoms. The molecule has 0 unspecified atom stereocenters. The first-order chi connectivity index (χ1) is 16.1. The normalized spacial score (nSPS) is 28.0. The van der Waals surface area contributed by atoms with Gasteiger partial charge in [0.2, 0.25) is 0 Å². The Bertz CT molecular complexity index is 1170. The summed E-state index contributed by atoms with van der Waals surface area (Å²) < 4.78 is 0. The largest absolute Gasteiger partial charge is 0.510 e. The van der Waals surface area contributed by atoms with Crippen molar-refractivity contribution in [3.05, 3.63) is 95.8 Å². The second kappa shape index (κ2) is 8.50. The summed E-state index contributed by atoms with van der Waals surface area (Å²) >= 11 is 0. The lowest BCUT2D eigenvalue weighted by molar-refractivity contribution is -0.172. The summed E-state index contributed by atoms with van der Waals surface area (Å²) in [4.78, 5) is 41.2. The van der Waals surface area contributed by atoms with Crippen molar-refractivity contribution in [3.8, 4) is 0 Å². The van der Waals surface area contributed by atoms with Crippen LogP contribution in [0.15, 0.2) is 84.7 Å². The zero-order valence-electron chi connectivity index (χ0n) is 20.1. The van der Waals surface area contributed by atoms with Crippen LogP contribution in [0.25, 0.3) is 0 Å². The molecule has 4 rings (SSSR count). The van der Waals surface area contributed by atoms with Gasteiger partial charge in [-0.05, 0) is 55.1 Å². The molecule has 4 nitrogen and oxygen atoms in total. The summed E-state index contributed by atoms with van der Waals surface area (Å²) in [5.74, 6) is -1.79. The Morgan fingerprint density at radius 1 is 1.03 bits per heavy atom. The SMILES string of the molecule is C=CC[C@@]12C(=O)C(C(C)=O)=C(O)[C@@](Cc3ccccc3)(C[C@@H](Cc3ccccc3)C1(C)C)C2=O. The van der Waals surface area contributed by atoms with Crippen molar-refractivity contribution in [3.63, 3.8) is 0 Å². The van der Waals surface area contributed by atoms with Gasteiger partial charge >= 0.3 is 0 Å². The summed E-state index contributed by atoms with van der Waals surface area (Å²) in [5.41, 5.74) is -1.79. The highest BCUT2D eigenvalue weighted by molar-refractivity contribution is 6.31. The first-order valence-electron chi connectivity index (χ1n) is 11.8. The number of carbonyl (C=O) groups excluding carboxylic acids is 3. The van der Waals surface area contributed by atoms with E-state index in [1.807, 2.05) is 74.5 Å². The van der Waals surface area contributed by atoms with Gasteiger partial charge in [0.1, 0.15) is 11.2 Å². The van der Waals surface area contributed by atoms with E-state index >= 15 is 0 Å².